The molecule has 0 aromatic heterocycles. The number of carbonyl (C=O) groups excluding carboxylic acids is 1. The summed E-state index contributed by atoms with van der Waals surface area (Å²) in [6.45, 7) is 2.00. The lowest BCUT2D eigenvalue weighted by Crippen LogP contribution is -2.18. The highest BCUT2D eigenvalue weighted by Gasteiger charge is 2.09. The van der Waals surface area contributed by atoms with E-state index in [1.54, 1.807) is 0 Å². The molecule has 0 heterocycles. The summed E-state index contributed by atoms with van der Waals surface area (Å²) in [7, 11) is 0. The number of nitrogens with two attached hydrogens (primary N) is 2. The number of ketones is 1. The van der Waals surface area contributed by atoms with Crippen molar-refractivity contribution in [3.05, 3.63) is 35.4 Å². The van der Waals surface area contributed by atoms with Crippen LogP contribution in [0.1, 0.15) is 24.1 Å². The summed E-state index contributed by atoms with van der Waals surface area (Å²) in [5.74, 6) is -0.0273. The minimum atomic E-state index is -0.508. The Labute approximate surface area is 77.7 Å². The zero-order valence-corrected chi connectivity index (χ0v) is 7.66. The summed E-state index contributed by atoms with van der Waals surface area (Å²) < 4.78 is 0. The molecule has 70 valence electrons. The van der Waals surface area contributed by atoms with Gasteiger partial charge in [-0.3, -0.25) is 4.79 Å². The topological polar surface area (TPSA) is 69.1 Å². The monoisotopic (exact) mass is 178 g/mol. The van der Waals surface area contributed by atoms with E-state index in [4.69, 9.17) is 11.5 Å². The minimum absolute atomic E-state index is 0.0273. The minimum Gasteiger partial charge on any atom is -0.326 e. The van der Waals surface area contributed by atoms with Crippen molar-refractivity contribution < 1.29 is 4.79 Å². The van der Waals surface area contributed by atoms with Crippen LogP contribution in [0.15, 0.2) is 24.3 Å². The number of rotatable bonds is 3. The molecular weight excluding hydrogens is 164 g/mol. The van der Waals surface area contributed by atoms with Crippen LogP contribution in [0.5, 0.6) is 0 Å². The van der Waals surface area contributed by atoms with E-state index < -0.39 is 6.04 Å². The molecular formula is C10H14N2O. The first-order valence-corrected chi connectivity index (χ1v) is 4.20. The molecule has 13 heavy (non-hydrogen) atoms. The molecule has 0 spiro atoms. The quantitative estimate of drug-likeness (QED) is 0.717. The second-order valence-corrected chi connectivity index (χ2v) is 3.03. The molecule has 0 amide bonds. The largest absolute Gasteiger partial charge is 0.326 e. The van der Waals surface area contributed by atoms with E-state index in [9.17, 15) is 4.79 Å². The highest BCUT2D eigenvalue weighted by molar-refractivity contribution is 5.82. The van der Waals surface area contributed by atoms with Crippen molar-refractivity contribution in [1.29, 1.82) is 0 Å². The van der Waals surface area contributed by atoms with Gasteiger partial charge < -0.3 is 11.5 Å². The Kier molecular flexibility index (Phi) is 3.17. The van der Waals surface area contributed by atoms with Crippen molar-refractivity contribution >= 4 is 5.78 Å². The first-order chi connectivity index (χ1) is 6.15. The fourth-order valence-corrected chi connectivity index (χ4v) is 1.10. The molecule has 0 aliphatic heterocycles. The number of hydrogen-bond acceptors (Lipinski definition) is 3. The SMILES string of the molecule is CC(=O)[C@@H](N)c1ccc(CN)cc1. The van der Waals surface area contributed by atoms with Crippen molar-refractivity contribution in [2.45, 2.75) is 19.5 Å². The Morgan fingerprint density at radius 2 is 1.92 bits per heavy atom. The van der Waals surface area contributed by atoms with Gasteiger partial charge in [-0.25, -0.2) is 0 Å². The van der Waals surface area contributed by atoms with Gasteiger partial charge in [0.05, 0.1) is 6.04 Å². The van der Waals surface area contributed by atoms with Crippen molar-refractivity contribution in [2.75, 3.05) is 0 Å². The van der Waals surface area contributed by atoms with Gasteiger partial charge in [-0.15, -0.1) is 0 Å². The van der Waals surface area contributed by atoms with Gasteiger partial charge >= 0.3 is 0 Å². The van der Waals surface area contributed by atoms with Gasteiger partial charge in [0.25, 0.3) is 0 Å². The third-order valence-electron chi connectivity index (χ3n) is 2.01. The maximum atomic E-state index is 10.9. The normalized spacial score (nSPS) is 12.5. The molecule has 1 aromatic rings. The van der Waals surface area contributed by atoms with Gasteiger partial charge in [0.15, 0.2) is 5.78 Å². The van der Waals surface area contributed by atoms with Crippen molar-refractivity contribution in [3.63, 3.8) is 0 Å². The van der Waals surface area contributed by atoms with Gasteiger partial charge in [-0.05, 0) is 18.1 Å². The van der Waals surface area contributed by atoms with Gasteiger partial charge in [-0.1, -0.05) is 24.3 Å². The first-order valence-electron chi connectivity index (χ1n) is 4.20. The predicted octanol–water partition coefficient (Wildman–Crippen LogP) is 0.734. The molecule has 0 fully saturated rings. The molecule has 0 aliphatic rings. The van der Waals surface area contributed by atoms with Crippen molar-refractivity contribution in [3.8, 4) is 0 Å². The van der Waals surface area contributed by atoms with Crippen molar-refractivity contribution in [2.24, 2.45) is 11.5 Å². The molecule has 0 saturated carbocycles. The number of benzene rings is 1. The highest BCUT2D eigenvalue weighted by atomic mass is 16.1. The maximum Gasteiger partial charge on any atom is 0.150 e. The molecule has 3 heteroatoms. The van der Waals surface area contributed by atoms with E-state index >= 15 is 0 Å². The van der Waals surface area contributed by atoms with Crippen LogP contribution in [0.4, 0.5) is 0 Å². The summed E-state index contributed by atoms with van der Waals surface area (Å²) in [6.07, 6.45) is 0. The smallest absolute Gasteiger partial charge is 0.150 e. The van der Waals surface area contributed by atoms with Crippen LogP contribution in [0, 0.1) is 0 Å². The Hall–Kier alpha value is -1.19. The van der Waals surface area contributed by atoms with E-state index in [2.05, 4.69) is 0 Å². The van der Waals surface area contributed by atoms with E-state index in [0.717, 1.165) is 11.1 Å². The average molecular weight is 178 g/mol. The van der Waals surface area contributed by atoms with Crippen LogP contribution >= 0.6 is 0 Å². The van der Waals surface area contributed by atoms with Gasteiger partial charge in [0.2, 0.25) is 0 Å². The summed E-state index contributed by atoms with van der Waals surface area (Å²) >= 11 is 0. The summed E-state index contributed by atoms with van der Waals surface area (Å²) in [6, 6.07) is 6.95. The average Bonchev–Trinajstić information content (AvgIpc) is 2.17. The van der Waals surface area contributed by atoms with Crippen LogP contribution in [-0.4, -0.2) is 5.78 Å². The molecule has 0 bridgehead atoms. The molecule has 4 N–H and O–H groups in total. The maximum absolute atomic E-state index is 10.9. The van der Waals surface area contributed by atoms with Crippen molar-refractivity contribution in [1.82, 2.24) is 0 Å². The molecule has 0 saturated heterocycles. The molecule has 0 unspecified atom stereocenters. The lowest BCUT2D eigenvalue weighted by atomic mass is 10.0. The lowest BCUT2D eigenvalue weighted by Gasteiger charge is -2.08. The molecule has 3 nitrogen and oxygen atoms in total. The zero-order valence-electron chi connectivity index (χ0n) is 7.66. The second-order valence-electron chi connectivity index (χ2n) is 3.03. The van der Waals surface area contributed by atoms with Gasteiger partial charge in [0, 0.05) is 6.54 Å². The third kappa shape index (κ3) is 2.37. The Bertz CT molecular complexity index is 292. The summed E-state index contributed by atoms with van der Waals surface area (Å²) in [4.78, 5) is 10.9. The van der Waals surface area contributed by atoms with E-state index in [-0.39, 0.29) is 5.78 Å². The predicted molar refractivity (Wildman–Crippen MR) is 51.9 cm³/mol. The van der Waals surface area contributed by atoms with E-state index in [1.165, 1.54) is 6.92 Å². The van der Waals surface area contributed by atoms with Crippen LogP contribution in [-0.2, 0) is 11.3 Å². The Balaban J connectivity index is 2.85. The molecule has 0 aliphatic carbocycles. The fourth-order valence-electron chi connectivity index (χ4n) is 1.10. The highest BCUT2D eigenvalue weighted by Crippen LogP contribution is 2.11. The lowest BCUT2D eigenvalue weighted by molar-refractivity contribution is -0.118. The van der Waals surface area contributed by atoms with Crippen LogP contribution in [0.2, 0.25) is 0 Å². The molecule has 0 radical (unpaired) electrons. The number of carbonyl (C=O) groups is 1. The Morgan fingerprint density at radius 3 is 2.31 bits per heavy atom. The standard InChI is InChI=1S/C10H14N2O/c1-7(13)10(12)9-4-2-8(6-11)3-5-9/h2-5,10H,6,11-12H2,1H3/t10-/m1/s1. The zero-order chi connectivity index (χ0) is 9.84. The summed E-state index contributed by atoms with van der Waals surface area (Å²) in [5.41, 5.74) is 13.0. The van der Waals surface area contributed by atoms with Gasteiger partial charge in [0.1, 0.15) is 0 Å². The van der Waals surface area contributed by atoms with E-state index in [0.29, 0.717) is 6.54 Å². The molecule has 1 atom stereocenters. The molecule has 1 aromatic carbocycles. The fraction of sp³-hybridized carbons (Fsp3) is 0.300. The Morgan fingerprint density at radius 1 is 1.38 bits per heavy atom. The van der Waals surface area contributed by atoms with E-state index in [1.807, 2.05) is 24.3 Å². The molecule has 1 rings (SSSR count). The first kappa shape index (κ1) is 9.89. The second kappa shape index (κ2) is 4.16. The van der Waals surface area contributed by atoms with Crippen LogP contribution in [0.3, 0.4) is 0 Å². The third-order valence-corrected chi connectivity index (χ3v) is 2.01. The van der Waals surface area contributed by atoms with Crippen LogP contribution in [0.25, 0.3) is 0 Å². The number of Topliss-reactive ketones (excluding diaryl/α,β-unsaturated/α-hetero) is 1. The summed E-state index contributed by atoms with van der Waals surface area (Å²) in [5, 5.41) is 0. The van der Waals surface area contributed by atoms with Crippen LogP contribution < -0.4 is 11.5 Å². The number of hydrogen-bond donors (Lipinski definition) is 2. The van der Waals surface area contributed by atoms with Gasteiger partial charge in [-0.2, -0.15) is 0 Å².